The minimum atomic E-state index is -0.324. The van der Waals surface area contributed by atoms with E-state index < -0.39 is 0 Å². The molecule has 2 aromatic rings. The van der Waals surface area contributed by atoms with E-state index in [9.17, 15) is 4.79 Å². The van der Waals surface area contributed by atoms with Gasteiger partial charge in [0.15, 0.2) is 6.61 Å². The van der Waals surface area contributed by atoms with Crippen LogP contribution in [-0.4, -0.2) is 32.8 Å². The number of hydrogen-bond donors (Lipinski definition) is 1. The van der Waals surface area contributed by atoms with E-state index in [1.807, 2.05) is 62.3 Å². The molecule has 0 bridgehead atoms. The summed E-state index contributed by atoms with van der Waals surface area (Å²) < 4.78 is 7.30. The number of carbonyl (C=O) groups excluding carboxylic acids is 1. The summed E-state index contributed by atoms with van der Waals surface area (Å²) in [6.45, 7) is 1.80. The minimum absolute atomic E-state index is 0.113. The zero-order chi connectivity index (χ0) is 18.4. The lowest BCUT2D eigenvalue weighted by atomic mass is 10.2. The Labute approximate surface area is 164 Å². The highest BCUT2D eigenvalue weighted by Gasteiger charge is 2.09. The first-order valence-electron chi connectivity index (χ1n) is 7.54. The summed E-state index contributed by atoms with van der Waals surface area (Å²) >= 11 is 6.84. The second-order valence-electron chi connectivity index (χ2n) is 5.60. The Morgan fingerprint density at radius 3 is 2.52 bits per heavy atom. The third-order valence-corrected chi connectivity index (χ3v) is 4.40. The molecule has 0 unspecified atom stereocenters. The second-order valence-corrected chi connectivity index (χ2v) is 7.37. The number of nitrogens with one attached hydrogen (secondary N) is 1. The Bertz CT molecular complexity index is 751. The molecule has 1 amide bonds. The number of aryl methyl sites for hydroxylation is 1. The van der Waals surface area contributed by atoms with E-state index in [4.69, 9.17) is 4.74 Å². The molecule has 1 N–H and O–H groups in total. The largest absolute Gasteiger partial charge is 0.482 e. The lowest BCUT2D eigenvalue weighted by Crippen LogP contribution is -2.24. The number of halogens is 2. The van der Waals surface area contributed by atoms with E-state index in [0.29, 0.717) is 5.75 Å². The first-order valence-corrected chi connectivity index (χ1v) is 9.13. The minimum Gasteiger partial charge on any atom is -0.482 e. The molecule has 0 aliphatic heterocycles. The van der Waals surface area contributed by atoms with Gasteiger partial charge in [-0.15, -0.1) is 0 Å². The van der Waals surface area contributed by atoms with Gasteiger partial charge in [0.25, 0.3) is 5.91 Å². The molecular formula is C18H19Br2N3O2. The molecule has 5 nitrogen and oxygen atoms in total. The van der Waals surface area contributed by atoms with Gasteiger partial charge in [0.1, 0.15) is 5.75 Å². The van der Waals surface area contributed by atoms with Crippen LogP contribution in [0.3, 0.4) is 0 Å². The van der Waals surface area contributed by atoms with Crippen LogP contribution in [0.1, 0.15) is 11.1 Å². The summed E-state index contributed by atoms with van der Waals surface area (Å²) in [4.78, 5) is 13.9. The number of carbonyl (C=O) groups is 1. The van der Waals surface area contributed by atoms with Gasteiger partial charge in [0.05, 0.1) is 10.7 Å². The predicted molar refractivity (Wildman–Crippen MR) is 109 cm³/mol. The first-order chi connectivity index (χ1) is 11.9. The molecule has 0 radical (unpaired) electrons. The number of anilines is 1. The molecule has 0 aliphatic carbocycles. The average Bonchev–Trinajstić information content (AvgIpc) is 2.54. The van der Waals surface area contributed by atoms with Gasteiger partial charge in [-0.3, -0.25) is 4.79 Å². The van der Waals surface area contributed by atoms with Crippen molar-refractivity contribution < 1.29 is 9.53 Å². The van der Waals surface area contributed by atoms with Crippen LogP contribution in [-0.2, 0) is 4.79 Å². The van der Waals surface area contributed by atoms with E-state index in [2.05, 4.69) is 42.4 Å². The molecule has 0 fully saturated rings. The van der Waals surface area contributed by atoms with Gasteiger partial charge in [0, 0.05) is 24.3 Å². The van der Waals surface area contributed by atoms with Crippen molar-refractivity contribution >= 4 is 49.7 Å². The number of ether oxygens (including phenoxy) is 1. The second kappa shape index (κ2) is 9.01. The Balaban J connectivity index is 1.86. The van der Waals surface area contributed by atoms with Crippen LogP contribution in [0.2, 0.25) is 0 Å². The highest BCUT2D eigenvalue weighted by Crippen LogP contribution is 2.32. The molecule has 25 heavy (non-hydrogen) atoms. The SMILES string of the molecule is Cc1cc(Br)cc(Br)c1OCC(=O)N/N=C/c1ccc(N(C)C)cc1. The third kappa shape index (κ3) is 5.86. The maximum Gasteiger partial charge on any atom is 0.277 e. The Hall–Kier alpha value is -1.86. The maximum absolute atomic E-state index is 11.9. The molecule has 7 heteroatoms. The van der Waals surface area contributed by atoms with E-state index in [0.717, 1.165) is 25.8 Å². The zero-order valence-electron chi connectivity index (χ0n) is 14.2. The number of amides is 1. The van der Waals surface area contributed by atoms with Crippen LogP contribution < -0.4 is 15.1 Å². The lowest BCUT2D eigenvalue weighted by Gasteiger charge is -2.11. The average molecular weight is 469 g/mol. The number of benzene rings is 2. The fourth-order valence-corrected chi connectivity index (χ4v) is 3.63. The maximum atomic E-state index is 11.9. The van der Waals surface area contributed by atoms with Gasteiger partial charge >= 0.3 is 0 Å². The van der Waals surface area contributed by atoms with Gasteiger partial charge in [-0.25, -0.2) is 5.43 Å². The Kier molecular flexibility index (Phi) is 7.01. The number of hydrazone groups is 1. The van der Waals surface area contributed by atoms with Crippen molar-refractivity contribution in [2.45, 2.75) is 6.92 Å². The van der Waals surface area contributed by atoms with Crippen LogP contribution in [0.5, 0.6) is 5.75 Å². The zero-order valence-corrected chi connectivity index (χ0v) is 17.4. The molecular weight excluding hydrogens is 450 g/mol. The number of rotatable bonds is 6. The summed E-state index contributed by atoms with van der Waals surface area (Å²) in [5.74, 6) is 0.317. The first kappa shape index (κ1) is 19.5. The van der Waals surface area contributed by atoms with Crippen molar-refractivity contribution in [2.24, 2.45) is 5.10 Å². The van der Waals surface area contributed by atoms with Crippen LogP contribution in [0.15, 0.2) is 50.4 Å². The third-order valence-electron chi connectivity index (χ3n) is 3.35. The number of nitrogens with zero attached hydrogens (tertiary/aromatic N) is 2. The molecule has 0 saturated carbocycles. The van der Waals surface area contributed by atoms with Crippen LogP contribution in [0.4, 0.5) is 5.69 Å². The van der Waals surface area contributed by atoms with Gasteiger partial charge in [-0.2, -0.15) is 5.10 Å². The van der Waals surface area contributed by atoms with Crippen molar-refractivity contribution in [3.63, 3.8) is 0 Å². The summed E-state index contributed by atoms with van der Waals surface area (Å²) in [5.41, 5.74) is 5.39. The molecule has 0 saturated heterocycles. The predicted octanol–water partition coefficient (Wildman–Crippen LogP) is 4.12. The van der Waals surface area contributed by atoms with E-state index in [1.165, 1.54) is 0 Å². The fourth-order valence-electron chi connectivity index (χ4n) is 2.08. The molecule has 0 spiro atoms. The summed E-state index contributed by atoms with van der Waals surface area (Å²) in [7, 11) is 3.96. The van der Waals surface area contributed by atoms with Crippen molar-refractivity contribution in [3.8, 4) is 5.75 Å². The molecule has 2 rings (SSSR count). The molecule has 2 aromatic carbocycles. The quantitative estimate of drug-likeness (QED) is 0.512. The fraction of sp³-hybridized carbons (Fsp3) is 0.222. The summed E-state index contributed by atoms with van der Waals surface area (Å²) in [5, 5.41) is 3.95. The highest BCUT2D eigenvalue weighted by atomic mass is 79.9. The summed E-state index contributed by atoms with van der Waals surface area (Å²) in [6, 6.07) is 11.6. The van der Waals surface area contributed by atoms with Crippen molar-refractivity contribution in [1.29, 1.82) is 0 Å². The lowest BCUT2D eigenvalue weighted by molar-refractivity contribution is -0.123. The smallest absolute Gasteiger partial charge is 0.277 e. The highest BCUT2D eigenvalue weighted by molar-refractivity contribution is 9.11. The van der Waals surface area contributed by atoms with Gasteiger partial charge in [0.2, 0.25) is 0 Å². The van der Waals surface area contributed by atoms with Gasteiger partial charge < -0.3 is 9.64 Å². The summed E-state index contributed by atoms with van der Waals surface area (Å²) in [6.07, 6.45) is 1.60. The monoisotopic (exact) mass is 467 g/mol. The van der Waals surface area contributed by atoms with Crippen molar-refractivity contribution in [1.82, 2.24) is 5.43 Å². The van der Waals surface area contributed by atoms with E-state index in [-0.39, 0.29) is 12.5 Å². The van der Waals surface area contributed by atoms with Gasteiger partial charge in [-0.1, -0.05) is 28.1 Å². The van der Waals surface area contributed by atoms with Crippen LogP contribution in [0.25, 0.3) is 0 Å². The molecule has 132 valence electrons. The Morgan fingerprint density at radius 1 is 1.24 bits per heavy atom. The normalized spacial score (nSPS) is 10.8. The van der Waals surface area contributed by atoms with Gasteiger partial charge in [-0.05, 0) is 58.2 Å². The number of hydrogen-bond acceptors (Lipinski definition) is 4. The van der Waals surface area contributed by atoms with Crippen LogP contribution >= 0.6 is 31.9 Å². The molecule has 0 aromatic heterocycles. The Morgan fingerprint density at radius 2 is 1.92 bits per heavy atom. The van der Waals surface area contributed by atoms with Crippen LogP contribution in [0, 0.1) is 6.92 Å². The molecule has 0 aliphatic rings. The standard InChI is InChI=1S/C18H19Br2N3O2/c1-12-8-14(19)9-16(20)18(12)25-11-17(24)22-21-10-13-4-6-15(7-5-13)23(2)3/h4-10H,11H2,1-3H3,(H,22,24)/b21-10+. The van der Waals surface area contributed by atoms with E-state index in [1.54, 1.807) is 6.21 Å². The van der Waals surface area contributed by atoms with Crippen molar-refractivity contribution in [3.05, 3.63) is 56.5 Å². The molecule has 0 atom stereocenters. The van der Waals surface area contributed by atoms with Crippen molar-refractivity contribution in [2.75, 3.05) is 25.6 Å². The topological polar surface area (TPSA) is 53.9 Å². The molecule has 0 heterocycles. The van der Waals surface area contributed by atoms with E-state index >= 15 is 0 Å².